The molecule has 0 bridgehead atoms. The van der Waals surface area contributed by atoms with E-state index >= 15 is 0 Å². The quantitative estimate of drug-likeness (QED) is 0.574. The van der Waals surface area contributed by atoms with Crippen molar-refractivity contribution in [3.05, 3.63) is 76.6 Å². The van der Waals surface area contributed by atoms with Crippen molar-refractivity contribution in [3.8, 4) is 11.3 Å². The van der Waals surface area contributed by atoms with Crippen LogP contribution in [-0.2, 0) is 11.3 Å². The molecule has 0 atom stereocenters. The number of aromatic nitrogens is 3. The van der Waals surface area contributed by atoms with Gasteiger partial charge < -0.3 is 5.32 Å². The zero-order chi connectivity index (χ0) is 19.7. The summed E-state index contributed by atoms with van der Waals surface area (Å²) in [6.07, 6.45) is 1.33. The molecular weight excluding hydrogens is 379 g/mol. The van der Waals surface area contributed by atoms with Crippen molar-refractivity contribution >= 4 is 33.3 Å². The zero-order valence-electron chi connectivity index (χ0n) is 14.8. The Morgan fingerprint density at radius 3 is 2.75 bits per heavy atom. The lowest BCUT2D eigenvalue weighted by atomic mass is 10.1. The van der Waals surface area contributed by atoms with Gasteiger partial charge in [-0.3, -0.25) is 14.2 Å². The van der Waals surface area contributed by atoms with E-state index in [1.807, 2.05) is 30.3 Å². The number of benzene rings is 2. The van der Waals surface area contributed by atoms with Crippen molar-refractivity contribution < 1.29 is 9.18 Å². The maximum atomic E-state index is 13.6. The molecule has 0 fully saturated rings. The largest absolute Gasteiger partial charge is 0.324 e. The van der Waals surface area contributed by atoms with Crippen molar-refractivity contribution in [1.82, 2.24) is 13.9 Å². The number of carbonyl (C=O) groups is 1. The van der Waals surface area contributed by atoms with Gasteiger partial charge in [-0.05, 0) is 36.2 Å². The molecular formula is C20H15FN4O2S. The van der Waals surface area contributed by atoms with Crippen LogP contribution in [0.5, 0.6) is 0 Å². The van der Waals surface area contributed by atoms with E-state index in [0.717, 1.165) is 17.1 Å². The van der Waals surface area contributed by atoms with Gasteiger partial charge in [0.1, 0.15) is 28.3 Å². The molecule has 0 aliphatic rings. The first-order valence-corrected chi connectivity index (χ1v) is 9.26. The van der Waals surface area contributed by atoms with Gasteiger partial charge in [-0.2, -0.15) is 4.37 Å². The van der Waals surface area contributed by atoms with Crippen LogP contribution in [0.3, 0.4) is 0 Å². The molecule has 0 aliphatic heterocycles. The van der Waals surface area contributed by atoms with Gasteiger partial charge in [0.2, 0.25) is 5.91 Å². The van der Waals surface area contributed by atoms with Gasteiger partial charge in [-0.25, -0.2) is 9.37 Å². The molecule has 140 valence electrons. The molecule has 28 heavy (non-hydrogen) atoms. The summed E-state index contributed by atoms with van der Waals surface area (Å²) in [6.45, 7) is 1.41. The van der Waals surface area contributed by atoms with Crippen molar-refractivity contribution in [2.24, 2.45) is 0 Å². The van der Waals surface area contributed by atoms with E-state index in [1.165, 1.54) is 17.0 Å². The summed E-state index contributed by atoms with van der Waals surface area (Å²) in [5.74, 6) is -0.851. The van der Waals surface area contributed by atoms with Crippen LogP contribution < -0.4 is 10.9 Å². The number of rotatable bonds is 4. The first kappa shape index (κ1) is 18.0. The number of fused-ring (bicyclic) bond motifs is 1. The Morgan fingerprint density at radius 2 is 2.00 bits per heavy atom. The van der Waals surface area contributed by atoms with Gasteiger partial charge >= 0.3 is 0 Å². The summed E-state index contributed by atoms with van der Waals surface area (Å²) in [6, 6.07) is 13.9. The third kappa shape index (κ3) is 3.41. The van der Waals surface area contributed by atoms with Crippen molar-refractivity contribution in [3.63, 3.8) is 0 Å². The first-order valence-electron chi connectivity index (χ1n) is 8.49. The Balaban J connectivity index is 1.59. The average molecular weight is 394 g/mol. The maximum Gasteiger partial charge on any atom is 0.273 e. The molecule has 0 saturated heterocycles. The second-order valence-corrected chi connectivity index (χ2v) is 7.04. The van der Waals surface area contributed by atoms with Crippen LogP contribution in [0.4, 0.5) is 10.1 Å². The summed E-state index contributed by atoms with van der Waals surface area (Å²) in [4.78, 5) is 29.3. The van der Waals surface area contributed by atoms with Crippen LogP contribution in [0, 0.1) is 12.7 Å². The van der Waals surface area contributed by atoms with E-state index in [2.05, 4.69) is 14.7 Å². The van der Waals surface area contributed by atoms with E-state index in [9.17, 15) is 14.0 Å². The standard InChI is InChI=1S/C20H15FN4O2S/c1-12-7-8-14(9-15(12)21)23-16(26)10-25-11-22-18-17(13-5-3-2-4-6-13)24-28-19(18)20(25)27/h2-9,11H,10H2,1H3,(H,23,26). The molecule has 2 heterocycles. The average Bonchev–Trinajstić information content (AvgIpc) is 3.12. The van der Waals surface area contributed by atoms with E-state index < -0.39 is 11.7 Å². The summed E-state index contributed by atoms with van der Waals surface area (Å²) in [7, 11) is 0. The highest BCUT2D eigenvalue weighted by molar-refractivity contribution is 7.13. The Kier molecular flexibility index (Phi) is 4.70. The molecule has 4 rings (SSSR count). The Labute approximate surface area is 163 Å². The third-order valence-electron chi connectivity index (χ3n) is 4.27. The molecule has 2 aromatic carbocycles. The molecule has 0 spiro atoms. The molecule has 4 aromatic rings. The summed E-state index contributed by atoms with van der Waals surface area (Å²) < 4.78 is 19.6. The first-order chi connectivity index (χ1) is 13.5. The number of carbonyl (C=O) groups excluding carboxylic acids is 1. The third-order valence-corrected chi connectivity index (χ3v) is 5.09. The molecule has 6 nitrogen and oxygen atoms in total. The highest BCUT2D eigenvalue weighted by atomic mass is 32.1. The molecule has 0 aliphatic carbocycles. The number of aryl methyl sites for hydroxylation is 1. The minimum atomic E-state index is -0.445. The van der Waals surface area contributed by atoms with Crippen LogP contribution in [0.1, 0.15) is 5.56 Å². The highest BCUT2D eigenvalue weighted by Crippen LogP contribution is 2.26. The molecule has 2 aromatic heterocycles. The number of halogens is 1. The molecule has 0 unspecified atom stereocenters. The number of hydrogen-bond donors (Lipinski definition) is 1. The van der Waals surface area contributed by atoms with Gasteiger partial charge in [0.15, 0.2) is 0 Å². The fourth-order valence-electron chi connectivity index (χ4n) is 2.78. The maximum absolute atomic E-state index is 13.6. The second kappa shape index (κ2) is 7.32. The highest BCUT2D eigenvalue weighted by Gasteiger charge is 2.15. The van der Waals surface area contributed by atoms with E-state index in [1.54, 1.807) is 19.1 Å². The summed E-state index contributed by atoms with van der Waals surface area (Å²) >= 11 is 1.06. The lowest BCUT2D eigenvalue weighted by Crippen LogP contribution is -2.27. The Morgan fingerprint density at radius 1 is 1.21 bits per heavy atom. The Hall–Kier alpha value is -3.39. The van der Waals surface area contributed by atoms with Crippen molar-refractivity contribution in [1.29, 1.82) is 0 Å². The van der Waals surface area contributed by atoms with Crippen molar-refractivity contribution in [2.75, 3.05) is 5.32 Å². The number of hydrogen-bond acceptors (Lipinski definition) is 5. The van der Waals surface area contributed by atoms with Gasteiger partial charge in [0.25, 0.3) is 5.56 Å². The molecule has 8 heteroatoms. The van der Waals surface area contributed by atoms with Crippen molar-refractivity contribution in [2.45, 2.75) is 13.5 Å². The number of nitrogens with one attached hydrogen (secondary N) is 1. The lowest BCUT2D eigenvalue weighted by molar-refractivity contribution is -0.116. The smallest absolute Gasteiger partial charge is 0.273 e. The summed E-state index contributed by atoms with van der Waals surface area (Å²) in [5, 5.41) is 2.59. The SMILES string of the molecule is Cc1ccc(NC(=O)Cn2cnc3c(-c4ccccc4)nsc3c2=O)cc1F. The van der Waals surface area contributed by atoms with Gasteiger partial charge in [0, 0.05) is 11.3 Å². The van der Waals surface area contributed by atoms with Crippen LogP contribution in [0.25, 0.3) is 21.5 Å². The fourth-order valence-corrected chi connectivity index (χ4v) is 3.59. The topological polar surface area (TPSA) is 76.9 Å². The normalized spacial score (nSPS) is 10.9. The monoisotopic (exact) mass is 394 g/mol. The van der Waals surface area contributed by atoms with Gasteiger partial charge in [-0.1, -0.05) is 36.4 Å². The summed E-state index contributed by atoms with van der Waals surface area (Å²) in [5.41, 5.74) is 2.51. The number of anilines is 1. The Bertz CT molecular complexity index is 1230. The lowest BCUT2D eigenvalue weighted by Gasteiger charge is -2.08. The second-order valence-electron chi connectivity index (χ2n) is 6.26. The van der Waals surface area contributed by atoms with E-state index in [0.29, 0.717) is 27.2 Å². The predicted molar refractivity (Wildman–Crippen MR) is 107 cm³/mol. The minimum absolute atomic E-state index is 0.226. The fraction of sp³-hybridized carbons (Fsp3) is 0.100. The minimum Gasteiger partial charge on any atom is -0.324 e. The van der Waals surface area contributed by atoms with E-state index in [4.69, 9.17) is 0 Å². The van der Waals surface area contributed by atoms with Crippen LogP contribution in [0.15, 0.2) is 59.7 Å². The van der Waals surface area contributed by atoms with Crippen LogP contribution >= 0.6 is 11.5 Å². The molecule has 1 N–H and O–H groups in total. The predicted octanol–water partition coefficient (Wildman–Crippen LogP) is 3.61. The van der Waals surface area contributed by atoms with E-state index in [-0.39, 0.29) is 12.1 Å². The van der Waals surface area contributed by atoms with Gasteiger partial charge in [-0.15, -0.1) is 0 Å². The van der Waals surface area contributed by atoms with Gasteiger partial charge in [0.05, 0.1) is 6.33 Å². The molecule has 0 saturated carbocycles. The molecule has 0 radical (unpaired) electrons. The molecule has 1 amide bonds. The van der Waals surface area contributed by atoms with Crippen LogP contribution in [-0.4, -0.2) is 19.8 Å². The number of nitrogens with zero attached hydrogens (tertiary/aromatic N) is 3. The number of amides is 1. The zero-order valence-corrected chi connectivity index (χ0v) is 15.7. The van der Waals surface area contributed by atoms with Crippen LogP contribution in [0.2, 0.25) is 0 Å².